The molecule has 2 rings (SSSR count). The first-order valence-electron chi connectivity index (χ1n) is 5.72. The van der Waals surface area contributed by atoms with Crippen molar-refractivity contribution in [1.82, 2.24) is 0 Å². The molecule has 0 aliphatic carbocycles. The quantitative estimate of drug-likeness (QED) is 0.704. The lowest BCUT2D eigenvalue weighted by atomic mass is 10.0. The van der Waals surface area contributed by atoms with Crippen molar-refractivity contribution in [3.05, 3.63) is 40.2 Å². The minimum absolute atomic E-state index is 0.0138. The van der Waals surface area contributed by atoms with Gasteiger partial charge in [-0.3, -0.25) is 4.79 Å². The average Bonchev–Trinajstić information content (AvgIpc) is 2.35. The third-order valence-electron chi connectivity index (χ3n) is 2.87. The SMILES string of the molecule is N[C@@H](CCc1cc(=O)oc2cccc(O)c12)C(=O)O. The van der Waals surface area contributed by atoms with Gasteiger partial charge in [-0.25, -0.2) is 4.79 Å². The van der Waals surface area contributed by atoms with Crippen molar-refractivity contribution in [3.63, 3.8) is 0 Å². The summed E-state index contributed by atoms with van der Waals surface area (Å²) >= 11 is 0. The van der Waals surface area contributed by atoms with Crippen LogP contribution in [0.2, 0.25) is 0 Å². The number of carbonyl (C=O) groups is 1. The Morgan fingerprint density at radius 2 is 2.16 bits per heavy atom. The van der Waals surface area contributed by atoms with E-state index >= 15 is 0 Å². The second-order valence-electron chi connectivity index (χ2n) is 4.22. The molecule has 0 fully saturated rings. The summed E-state index contributed by atoms with van der Waals surface area (Å²) < 4.78 is 4.97. The number of aliphatic carboxylic acids is 1. The molecule has 0 amide bonds. The highest BCUT2D eigenvalue weighted by atomic mass is 16.4. The summed E-state index contributed by atoms with van der Waals surface area (Å²) in [5.74, 6) is -1.11. The molecule has 0 saturated carbocycles. The van der Waals surface area contributed by atoms with Crippen molar-refractivity contribution in [1.29, 1.82) is 0 Å². The molecule has 0 bridgehead atoms. The third-order valence-corrected chi connectivity index (χ3v) is 2.87. The lowest BCUT2D eigenvalue weighted by molar-refractivity contribution is -0.138. The van der Waals surface area contributed by atoms with Crippen LogP contribution in [0.5, 0.6) is 5.75 Å². The second kappa shape index (κ2) is 5.11. The molecule has 6 heteroatoms. The summed E-state index contributed by atoms with van der Waals surface area (Å²) in [6, 6.07) is 4.84. The molecule has 19 heavy (non-hydrogen) atoms. The van der Waals surface area contributed by atoms with Crippen LogP contribution in [0, 0.1) is 0 Å². The molecule has 0 aliphatic rings. The molecular formula is C13H13NO5. The Morgan fingerprint density at radius 3 is 2.84 bits per heavy atom. The topological polar surface area (TPSA) is 114 Å². The Morgan fingerprint density at radius 1 is 1.42 bits per heavy atom. The fourth-order valence-corrected chi connectivity index (χ4v) is 1.91. The van der Waals surface area contributed by atoms with E-state index in [2.05, 4.69) is 0 Å². The predicted molar refractivity (Wildman–Crippen MR) is 68.1 cm³/mol. The summed E-state index contributed by atoms with van der Waals surface area (Å²) in [5, 5.41) is 19.0. The molecule has 1 atom stereocenters. The van der Waals surface area contributed by atoms with E-state index in [1.54, 1.807) is 12.1 Å². The zero-order valence-corrected chi connectivity index (χ0v) is 10.00. The van der Waals surface area contributed by atoms with E-state index < -0.39 is 17.6 Å². The molecule has 0 radical (unpaired) electrons. The van der Waals surface area contributed by atoms with Gasteiger partial charge in [0.1, 0.15) is 17.4 Å². The Labute approximate surface area is 108 Å². The molecule has 0 saturated heterocycles. The molecule has 1 aromatic heterocycles. The third kappa shape index (κ3) is 2.74. The molecule has 0 unspecified atom stereocenters. The number of aryl methyl sites for hydroxylation is 1. The highest BCUT2D eigenvalue weighted by Gasteiger charge is 2.14. The van der Waals surface area contributed by atoms with Crippen molar-refractivity contribution >= 4 is 16.9 Å². The van der Waals surface area contributed by atoms with Gasteiger partial charge in [-0.2, -0.15) is 0 Å². The number of benzene rings is 1. The maximum Gasteiger partial charge on any atom is 0.336 e. The van der Waals surface area contributed by atoms with Gasteiger partial charge in [-0.15, -0.1) is 0 Å². The van der Waals surface area contributed by atoms with Crippen LogP contribution >= 0.6 is 0 Å². The molecule has 1 aromatic carbocycles. The zero-order chi connectivity index (χ0) is 14.0. The average molecular weight is 263 g/mol. The van der Waals surface area contributed by atoms with Crippen LogP contribution in [0.3, 0.4) is 0 Å². The number of fused-ring (bicyclic) bond motifs is 1. The number of hydrogen-bond acceptors (Lipinski definition) is 5. The number of carboxylic acid groups (broad SMARTS) is 1. The highest BCUT2D eigenvalue weighted by molar-refractivity contribution is 5.86. The van der Waals surface area contributed by atoms with Crippen LogP contribution in [-0.2, 0) is 11.2 Å². The second-order valence-corrected chi connectivity index (χ2v) is 4.22. The number of aromatic hydroxyl groups is 1. The zero-order valence-electron chi connectivity index (χ0n) is 10.00. The van der Waals surface area contributed by atoms with Gasteiger partial charge < -0.3 is 20.4 Å². The first-order valence-corrected chi connectivity index (χ1v) is 5.72. The van der Waals surface area contributed by atoms with Gasteiger partial charge in [0.2, 0.25) is 0 Å². The molecule has 4 N–H and O–H groups in total. The lowest BCUT2D eigenvalue weighted by Gasteiger charge is -2.09. The van der Waals surface area contributed by atoms with Crippen molar-refractivity contribution in [2.75, 3.05) is 0 Å². The Hall–Kier alpha value is -2.34. The van der Waals surface area contributed by atoms with Gasteiger partial charge >= 0.3 is 11.6 Å². The summed E-state index contributed by atoms with van der Waals surface area (Å²) in [6.07, 6.45) is 0.440. The smallest absolute Gasteiger partial charge is 0.336 e. The summed E-state index contributed by atoms with van der Waals surface area (Å²) in [5.41, 5.74) is 5.68. The van der Waals surface area contributed by atoms with E-state index in [0.717, 1.165) is 0 Å². The first kappa shape index (κ1) is 13.1. The number of phenolic OH excluding ortho intramolecular Hbond substituents is 1. The summed E-state index contributed by atoms with van der Waals surface area (Å²) in [6.45, 7) is 0. The molecule has 100 valence electrons. The van der Waals surface area contributed by atoms with Crippen LogP contribution in [0.25, 0.3) is 11.0 Å². The molecule has 0 aliphatic heterocycles. The van der Waals surface area contributed by atoms with E-state index in [1.165, 1.54) is 12.1 Å². The number of rotatable bonds is 4. The van der Waals surface area contributed by atoms with Crippen molar-refractivity contribution < 1.29 is 19.4 Å². The largest absolute Gasteiger partial charge is 0.507 e. The monoisotopic (exact) mass is 263 g/mol. The van der Waals surface area contributed by atoms with Gasteiger partial charge in [0.15, 0.2) is 0 Å². The summed E-state index contributed by atoms with van der Waals surface area (Å²) in [4.78, 5) is 22.1. The summed E-state index contributed by atoms with van der Waals surface area (Å²) in [7, 11) is 0. The highest BCUT2D eigenvalue weighted by Crippen LogP contribution is 2.27. The van der Waals surface area contributed by atoms with Crippen molar-refractivity contribution in [3.8, 4) is 5.75 Å². The van der Waals surface area contributed by atoms with E-state index in [9.17, 15) is 14.7 Å². The number of carboxylic acids is 1. The van der Waals surface area contributed by atoms with E-state index in [4.69, 9.17) is 15.3 Å². The maximum absolute atomic E-state index is 11.4. The number of hydrogen-bond donors (Lipinski definition) is 3. The Balaban J connectivity index is 2.42. The Kier molecular flexibility index (Phi) is 3.52. The predicted octanol–water partition coefficient (Wildman–Crippen LogP) is 0.843. The fourth-order valence-electron chi connectivity index (χ4n) is 1.91. The van der Waals surface area contributed by atoms with Crippen LogP contribution in [0.4, 0.5) is 0 Å². The van der Waals surface area contributed by atoms with Crippen LogP contribution in [-0.4, -0.2) is 22.2 Å². The molecule has 6 nitrogen and oxygen atoms in total. The first-order chi connectivity index (χ1) is 8.99. The van der Waals surface area contributed by atoms with Crippen molar-refractivity contribution in [2.24, 2.45) is 5.73 Å². The van der Waals surface area contributed by atoms with Gasteiger partial charge in [0, 0.05) is 6.07 Å². The molecule has 1 heterocycles. The van der Waals surface area contributed by atoms with E-state index in [1.807, 2.05) is 0 Å². The number of nitrogens with two attached hydrogens (primary N) is 1. The van der Waals surface area contributed by atoms with Crippen LogP contribution in [0.15, 0.2) is 33.5 Å². The standard InChI is InChI=1S/C13H13NO5/c14-8(13(17)18)5-4-7-6-11(16)19-10-3-1-2-9(15)12(7)10/h1-3,6,8,15H,4-5,14H2,(H,17,18)/t8-/m0/s1. The molecule has 0 spiro atoms. The van der Waals surface area contributed by atoms with E-state index in [0.29, 0.717) is 10.9 Å². The van der Waals surface area contributed by atoms with Crippen molar-refractivity contribution in [2.45, 2.75) is 18.9 Å². The minimum Gasteiger partial charge on any atom is -0.507 e. The number of phenols is 1. The minimum atomic E-state index is -1.10. The molecular weight excluding hydrogens is 250 g/mol. The van der Waals surface area contributed by atoms with Crippen LogP contribution < -0.4 is 11.4 Å². The van der Waals surface area contributed by atoms with Gasteiger partial charge in [0.05, 0.1) is 5.39 Å². The Bertz CT molecular complexity index is 676. The molecule has 2 aromatic rings. The lowest BCUT2D eigenvalue weighted by Crippen LogP contribution is -2.30. The van der Waals surface area contributed by atoms with Crippen LogP contribution in [0.1, 0.15) is 12.0 Å². The maximum atomic E-state index is 11.4. The normalized spacial score (nSPS) is 12.5. The van der Waals surface area contributed by atoms with Gasteiger partial charge in [-0.1, -0.05) is 6.07 Å². The van der Waals surface area contributed by atoms with Gasteiger partial charge in [-0.05, 0) is 30.5 Å². The fraction of sp³-hybridized carbons (Fsp3) is 0.231. The van der Waals surface area contributed by atoms with Gasteiger partial charge in [0.25, 0.3) is 0 Å². The van der Waals surface area contributed by atoms with E-state index in [-0.39, 0.29) is 24.2 Å².